The quantitative estimate of drug-likeness (QED) is 0.611. The zero-order chi connectivity index (χ0) is 19.5. The van der Waals surface area contributed by atoms with Gasteiger partial charge in [0.05, 0.1) is 21.8 Å². The van der Waals surface area contributed by atoms with E-state index in [1.807, 2.05) is 0 Å². The van der Waals surface area contributed by atoms with E-state index >= 15 is 0 Å². The van der Waals surface area contributed by atoms with Crippen molar-refractivity contribution in [2.24, 2.45) is 0 Å². The molecule has 0 saturated heterocycles. The summed E-state index contributed by atoms with van der Waals surface area (Å²) in [6.45, 7) is 1.29. The number of anilines is 2. The summed E-state index contributed by atoms with van der Waals surface area (Å²) in [5.41, 5.74) is 4.87. The number of nitrogens with two attached hydrogens (primary N) is 1. The highest BCUT2D eigenvalue weighted by Gasteiger charge is 2.30. The van der Waals surface area contributed by atoms with Crippen LogP contribution in [0.5, 0.6) is 0 Å². The fourth-order valence-corrected chi connectivity index (χ4v) is 2.09. The highest BCUT2D eigenvalue weighted by atomic mass is 35.5. The summed E-state index contributed by atoms with van der Waals surface area (Å²) in [6.07, 6.45) is -5.78. The number of nitrogen functional groups attached to an aromatic ring is 1. The van der Waals surface area contributed by atoms with Crippen molar-refractivity contribution in [2.45, 2.75) is 19.2 Å². The number of alkyl halides is 3. The van der Waals surface area contributed by atoms with Crippen molar-refractivity contribution < 1.29 is 27.5 Å². The van der Waals surface area contributed by atoms with Crippen LogP contribution in [-0.2, 0) is 15.7 Å². The summed E-state index contributed by atoms with van der Waals surface area (Å²) >= 11 is 5.76. The Morgan fingerprint density at radius 3 is 2.50 bits per heavy atom. The van der Waals surface area contributed by atoms with E-state index in [2.05, 4.69) is 5.32 Å². The highest BCUT2D eigenvalue weighted by Crippen LogP contribution is 2.30. The second kappa shape index (κ2) is 7.65. The van der Waals surface area contributed by atoms with Gasteiger partial charge in [0.1, 0.15) is 0 Å². The standard InChI is InChI=1S/C17H14ClF3N2O3/c1-9(26-16(25)10-5-6-13(18)14(22)7-10)15(24)23-12-4-2-3-11(8-12)17(19,20)21/h2-9H,22H2,1H3,(H,23,24). The van der Waals surface area contributed by atoms with Crippen LogP contribution in [0, 0.1) is 0 Å². The molecule has 2 rings (SSSR count). The number of hydrogen-bond donors (Lipinski definition) is 2. The summed E-state index contributed by atoms with van der Waals surface area (Å²) in [5.74, 6) is -1.60. The lowest BCUT2D eigenvalue weighted by molar-refractivity contribution is -0.137. The van der Waals surface area contributed by atoms with Gasteiger partial charge in [0.25, 0.3) is 5.91 Å². The summed E-state index contributed by atoms with van der Waals surface area (Å²) < 4.78 is 43.0. The third-order valence-electron chi connectivity index (χ3n) is 3.34. The number of hydrogen-bond acceptors (Lipinski definition) is 4. The number of ether oxygens (including phenoxy) is 1. The Labute approximate surface area is 151 Å². The van der Waals surface area contributed by atoms with Crippen LogP contribution in [0.15, 0.2) is 42.5 Å². The van der Waals surface area contributed by atoms with E-state index in [4.69, 9.17) is 22.1 Å². The smallest absolute Gasteiger partial charge is 0.416 e. The number of carbonyl (C=O) groups excluding carboxylic acids is 2. The number of amides is 1. The molecule has 0 bridgehead atoms. The van der Waals surface area contributed by atoms with Crippen molar-refractivity contribution >= 4 is 34.9 Å². The van der Waals surface area contributed by atoms with Crippen LogP contribution in [0.2, 0.25) is 5.02 Å². The first-order valence-corrected chi connectivity index (χ1v) is 7.70. The molecule has 0 saturated carbocycles. The second-order valence-corrected chi connectivity index (χ2v) is 5.76. The maximum absolute atomic E-state index is 12.7. The van der Waals surface area contributed by atoms with Gasteiger partial charge in [-0.25, -0.2) is 4.79 Å². The van der Waals surface area contributed by atoms with E-state index in [1.165, 1.54) is 31.2 Å². The molecule has 2 aromatic carbocycles. The topological polar surface area (TPSA) is 81.4 Å². The molecule has 0 aromatic heterocycles. The van der Waals surface area contributed by atoms with Gasteiger partial charge in [-0.15, -0.1) is 0 Å². The molecule has 0 aliphatic heterocycles. The molecule has 0 aliphatic rings. The number of rotatable bonds is 4. The van der Waals surface area contributed by atoms with Gasteiger partial charge in [-0.1, -0.05) is 17.7 Å². The van der Waals surface area contributed by atoms with Gasteiger partial charge in [0.2, 0.25) is 0 Å². The van der Waals surface area contributed by atoms with E-state index < -0.39 is 29.7 Å². The van der Waals surface area contributed by atoms with Crippen LogP contribution >= 0.6 is 11.6 Å². The number of nitrogens with one attached hydrogen (secondary N) is 1. The van der Waals surface area contributed by atoms with Crippen molar-refractivity contribution in [2.75, 3.05) is 11.1 Å². The highest BCUT2D eigenvalue weighted by molar-refractivity contribution is 6.33. The van der Waals surface area contributed by atoms with Crippen molar-refractivity contribution in [1.82, 2.24) is 0 Å². The van der Waals surface area contributed by atoms with Gasteiger partial charge in [-0.05, 0) is 43.3 Å². The molecular weight excluding hydrogens is 373 g/mol. The predicted octanol–water partition coefficient (Wildman–Crippen LogP) is 4.13. The van der Waals surface area contributed by atoms with Gasteiger partial charge in [0, 0.05) is 5.69 Å². The van der Waals surface area contributed by atoms with Crippen LogP contribution in [0.4, 0.5) is 24.5 Å². The minimum absolute atomic E-state index is 0.0662. The van der Waals surface area contributed by atoms with Gasteiger partial charge in [-0.3, -0.25) is 4.79 Å². The van der Waals surface area contributed by atoms with Crippen LogP contribution in [-0.4, -0.2) is 18.0 Å². The van der Waals surface area contributed by atoms with Crippen LogP contribution in [0.3, 0.4) is 0 Å². The van der Waals surface area contributed by atoms with E-state index in [0.717, 1.165) is 18.2 Å². The second-order valence-electron chi connectivity index (χ2n) is 5.35. The zero-order valence-corrected chi connectivity index (χ0v) is 14.2. The Kier molecular flexibility index (Phi) is 5.76. The SMILES string of the molecule is CC(OC(=O)c1ccc(Cl)c(N)c1)C(=O)Nc1cccc(C(F)(F)F)c1. The largest absolute Gasteiger partial charge is 0.449 e. The Morgan fingerprint density at radius 2 is 1.88 bits per heavy atom. The monoisotopic (exact) mass is 386 g/mol. The number of carbonyl (C=O) groups is 2. The Morgan fingerprint density at radius 1 is 1.19 bits per heavy atom. The molecule has 3 N–H and O–H groups in total. The van der Waals surface area contributed by atoms with Gasteiger partial charge >= 0.3 is 12.1 Å². The van der Waals surface area contributed by atoms with Gasteiger partial charge in [0.15, 0.2) is 6.10 Å². The first kappa shape index (κ1) is 19.6. The summed E-state index contributed by atoms with van der Waals surface area (Å²) in [5, 5.41) is 2.53. The molecule has 0 fully saturated rings. The first-order valence-electron chi connectivity index (χ1n) is 7.32. The molecule has 0 aliphatic carbocycles. The molecule has 1 unspecified atom stereocenters. The number of benzene rings is 2. The molecule has 5 nitrogen and oxygen atoms in total. The molecule has 2 aromatic rings. The minimum Gasteiger partial charge on any atom is -0.449 e. The van der Waals surface area contributed by atoms with Crippen LogP contribution in [0.25, 0.3) is 0 Å². The zero-order valence-electron chi connectivity index (χ0n) is 13.4. The number of halogens is 4. The van der Waals surface area contributed by atoms with E-state index in [0.29, 0.717) is 0 Å². The predicted molar refractivity (Wildman–Crippen MR) is 90.8 cm³/mol. The average Bonchev–Trinajstić information content (AvgIpc) is 2.56. The molecule has 138 valence electrons. The van der Waals surface area contributed by atoms with Crippen LogP contribution < -0.4 is 11.1 Å². The molecule has 9 heteroatoms. The lowest BCUT2D eigenvalue weighted by Crippen LogP contribution is -2.30. The molecular formula is C17H14ClF3N2O3. The third-order valence-corrected chi connectivity index (χ3v) is 3.69. The summed E-state index contributed by atoms with van der Waals surface area (Å²) in [4.78, 5) is 24.1. The molecule has 1 amide bonds. The fraction of sp³-hybridized carbons (Fsp3) is 0.176. The summed E-state index contributed by atoms with van der Waals surface area (Å²) in [6, 6.07) is 8.19. The van der Waals surface area contributed by atoms with Gasteiger partial charge in [-0.2, -0.15) is 13.2 Å². The van der Waals surface area contributed by atoms with Gasteiger partial charge < -0.3 is 15.8 Å². The van der Waals surface area contributed by atoms with Crippen molar-refractivity contribution in [3.63, 3.8) is 0 Å². The summed E-state index contributed by atoms with van der Waals surface area (Å²) in [7, 11) is 0. The molecule has 0 radical (unpaired) electrons. The molecule has 26 heavy (non-hydrogen) atoms. The molecule has 0 spiro atoms. The first-order chi connectivity index (χ1) is 12.1. The maximum Gasteiger partial charge on any atom is 0.416 e. The van der Waals surface area contributed by atoms with E-state index in [1.54, 1.807) is 0 Å². The maximum atomic E-state index is 12.7. The van der Waals surface area contributed by atoms with Crippen LogP contribution in [0.1, 0.15) is 22.8 Å². The third kappa shape index (κ3) is 4.89. The van der Waals surface area contributed by atoms with Crippen molar-refractivity contribution in [1.29, 1.82) is 0 Å². The van der Waals surface area contributed by atoms with E-state index in [-0.39, 0.29) is 22.0 Å². The Hall–Kier alpha value is -2.74. The van der Waals surface area contributed by atoms with E-state index in [9.17, 15) is 22.8 Å². The normalized spacial score (nSPS) is 12.3. The molecule has 0 heterocycles. The Balaban J connectivity index is 2.03. The lowest BCUT2D eigenvalue weighted by atomic mass is 10.2. The van der Waals surface area contributed by atoms with Crippen molar-refractivity contribution in [3.05, 3.63) is 58.6 Å². The average molecular weight is 387 g/mol. The lowest BCUT2D eigenvalue weighted by Gasteiger charge is -2.15. The number of esters is 1. The minimum atomic E-state index is -4.53. The molecule has 1 atom stereocenters. The van der Waals surface area contributed by atoms with Crippen molar-refractivity contribution in [3.8, 4) is 0 Å². The fourth-order valence-electron chi connectivity index (χ4n) is 1.97. The Bertz CT molecular complexity index is 840.